The lowest BCUT2D eigenvalue weighted by Gasteiger charge is -2.03. The fourth-order valence-corrected chi connectivity index (χ4v) is 5.39. The Morgan fingerprint density at radius 3 is 2.61 bits per heavy atom. The third-order valence-electron chi connectivity index (χ3n) is 4.16. The molecule has 3 aromatic rings. The minimum absolute atomic E-state index is 0.190. The molecule has 1 amide bonds. The zero-order chi connectivity index (χ0) is 20.3. The number of aromatic nitrogens is 1. The van der Waals surface area contributed by atoms with Crippen molar-refractivity contribution in [3.8, 4) is 12.3 Å². The molecule has 0 atom stereocenters. The first-order valence-electron chi connectivity index (χ1n) is 8.65. The van der Waals surface area contributed by atoms with E-state index in [1.165, 1.54) is 11.3 Å². The fraction of sp³-hybridized carbons (Fsp3) is 0.238. The van der Waals surface area contributed by atoms with E-state index in [4.69, 9.17) is 6.42 Å². The third-order valence-corrected chi connectivity index (χ3v) is 6.85. The zero-order valence-electron chi connectivity index (χ0n) is 15.7. The van der Waals surface area contributed by atoms with Crippen molar-refractivity contribution in [3.05, 3.63) is 64.0 Å². The van der Waals surface area contributed by atoms with E-state index in [0.29, 0.717) is 10.4 Å². The maximum absolute atomic E-state index is 12.4. The molecule has 0 radical (unpaired) electrons. The van der Waals surface area contributed by atoms with Gasteiger partial charge >= 0.3 is 0 Å². The Kier molecular flexibility index (Phi) is 5.82. The standard InChI is InChI=1S/C21H20N2O3S2/c1-4-10-23-18-12-15(2)11-16(3)20(18)27-21(23)22-19(24)14-28(25,26)13-17-8-6-5-7-9-17/h1,5-9,11-12H,10,13-14H2,2-3H3. The average Bonchev–Trinajstić information content (AvgIpc) is 2.93. The molecule has 0 saturated heterocycles. The van der Waals surface area contributed by atoms with Crippen molar-refractivity contribution in [3.63, 3.8) is 0 Å². The summed E-state index contributed by atoms with van der Waals surface area (Å²) in [6, 6.07) is 12.8. The smallest absolute Gasteiger partial charge is 0.263 e. The molecule has 144 valence electrons. The van der Waals surface area contributed by atoms with Crippen LogP contribution in [-0.2, 0) is 26.9 Å². The number of nitrogens with zero attached hydrogens (tertiary/aromatic N) is 2. The van der Waals surface area contributed by atoms with Crippen molar-refractivity contribution >= 4 is 37.3 Å². The number of sulfone groups is 1. The molecular formula is C21H20N2O3S2. The van der Waals surface area contributed by atoms with Crippen molar-refractivity contribution in [1.82, 2.24) is 4.57 Å². The molecule has 0 aliphatic carbocycles. The van der Waals surface area contributed by atoms with Gasteiger partial charge < -0.3 is 4.57 Å². The summed E-state index contributed by atoms with van der Waals surface area (Å²) in [6.45, 7) is 4.23. The molecular weight excluding hydrogens is 392 g/mol. The van der Waals surface area contributed by atoms with Crippen molar-refractivity contribution < 1.29 is 13.2 Å². The number of benzene rings is 2. The Balaban J connectivity index is 1.95. The molecule has 0 N–H and O–H groups in total. The highest BCUT2D eigenvalue weighted by Crippen LogP contribution is 2.23. The molecule has 0 saturated carbocycles. The number of thiazole rings is 1. The van der Waals surface area contributed by atoms with Crippen molar-refractivity contribution in [2.24, 2.45) is 4.99 Å². The van der Waals surface area contributed by atoms with Gasteiger partial charge in [-0.1, -0.05) is 53.7 Å². The van der Waals surface area contributed by atoms with E-state index in [1.807, 2.05) is 26.0 Å². The summed E-state index contributed by atoms with van der Waals surface area (Å²) in [5.74, 6) is 1.06. The number of amides is 1. The van der Waals surface area contributed by atoms with Crippen molar-refractivity contribution in [2.45, 2.75) is 26.1 Å². The topological polar surface area (TPSA) is 68.5 Å². The third kappa shape index (κ3) is 4.58. The van der Waals surface area contributed by atoms with Crippen LogP contribution in [0.2, 0.25) is 0 Å². The average molecular weight is 413 g/mol. The summed E-state index contributed by atoms with van der Waals surface area (Å²) in [4.78, 5) is 16.9. The molecule has 0 aliphatic heterocycles. The minimum atomic E-state index is -3.61. The molecule has 5 nitrogen and oxygen atoms in total. The summed E-state index contributed by atoms with van der Waals surface area (Å²) < 4.78 is 27.5. The zero-order valence-corrected chi connectivity index (χ0v) is 17.3. The highest BCUT2D eigenvalue weighted by molar-refractivity contribution is 7.91. The normalized spacial score (nSPS) is 12.2. The van der Waals surface area contributed by atoms with Crippen LogP contribution in [0.5, 0.6) is 0 Å². The summed E-state index contributed by atoms with van der Waals surface area (Å²) in [6.07, 6.45) is 5.49. The maximum Gasteiger partial charge on any atom is 0.263 e. The van der Waals surface area contributed by atoms with E-state index in [-0.39, 0.29) is 12.3 Å². The molecule has 0 unspecified atom stereocenters. The van der Waals surface area contributed by atoms with Gasteiger partial charge in [0, 0.05) is 0 Å². The van der Waals surface area contributed by atoms with Crippen LogP contribution in [0.1, 0.15) is 16.7 Å². The van der Waals surface area contributed by atoms with Gasteiger partial charge in [-0.2, -0.15) is 4.99 Å². The predicted molar refractivity (Wildman–Crippen MR) is 113 cm³/mol. The van der Waals surface area contributed by atoms with Crippen LogP contribution in [0.3, 0.4) is 0 Å². The number of terminal acetylenes is 1. The Hall–Kier alpha value is -2.69. The van der Waals surface area contributed by atoms with E-state index in [1.54, 1.807) is 28.8 Å². The predicted octanol–water partition coefficient (Wildman–Crippen LogP) is 3.00. The number of hydrogen-bond donors (Lipinski definition) is 0. The van der Waals surface area contributed by atoms with Gasteiger partial charge in [0.2, 0.25) is 0 Å². The van der Waals surface area contributed by atoms with E-state index < -0.39 is 21.5 Å². The van der Waals surface area contributed by atoms with Crippen LogP contribution in [-0.4, -0.2) is 24.6 Å². The minimum Gasteiger partial charge on any atom is -0.305 e. The second-order valence-electron chi connectivity index (χ2n) is 6.63. The molecule has 1 aromatic heterocycles. The summed E-state index contributed by atoms with van der Waals surface area (Å²) in [5, 5.41) is 0. The summed E-state index contributed by atoms with van der Waals surface area (Å²) in [7, 11) is -3.61. The number of rotatable bonds is 5. The van der Waals surface area contributed by atoms with Gasteiger partial charge in [0.25, 0.3) is 5.91 Å². The molecule has 28 heavy (non-hydrogen) atoms. The van der Waals surface area contributed by atoms with Gasteiger partial charge in [0.1, 0.15) is 5.75 Å². The first kappa shape index (κ1) is 20.1. The number of carbonyl (C=O) groups excluding carboxylic acids is 1. The fourth-order valence-electron chi connectivity index (χ4n) is 3.05. The first-order valence-corrected chi connectivity index (χ1v) is 11.3. The number of fused-ring (bicyclic) bond motifs is 1. The molecule has 1 heterocycles. The lowest BCUT2D eigenvalue weighted by atomic mass is 10.1. The van der Waals surface area contributed by atoms with Gasteiger partial charge in [0.05, 0.1) is 22.5 Å². The van der Waals surface area contributed by atoms with Crippen molar-refractivity contribution in [1.29, 1.82) is 0 Å². The molecule has 0 fully saturated rings. The largest absolute Gasteiger partial charge is 0.305 e. The van der Waals surface area contributed by atoms with Crippen LogP contribution in [0, 0.1) is 26.2 Å². The number of aryl methyl sites for hydroxylation is 2. The van der Waals surface area contributed by atoms with E-state index in [9.17, 15) is 13.2 Å². The van der Waals surface area contributed by atoms with Crippen LogP contribution >= 0.6 is 11.3 Å². The second kappa shape index (κ2) is 8.13. The molecule has 0 bridgehead atoms. The second-order valence-corrected chi connectivity index (χ2v) is 9.67. The first-order chi connectivity index (χ1) is 13.3. The van der Waals surface area contributed by atoms with Gasteiger partial charge in [0.15, 0.2) is 14.6 Å². The van der Waals surface area contributed by atoms with Crippen molar-refractivity contribution in [2.75, 3.05) is 5.75 Å². The maximum atomic E-state index is 12.4. The Morgan fingerprint density at radius 1 is 1.21 bits per heavy atom. The molecule has 0 spiro atoms. The van der Waals surface area contributed by atoms with Gasteiger partial charge in [-0.3, -0.25) is 4.79 Å². The van der Waals surface area contributed by atoms with Crippen LogP contribution < -0.4 is 4.80 Å². The number of hydrogen-bond acceptors (Lipinski definition) is 4. The molecule has 7 heteroatoms. The Morgan fingerprint density at radius 2 is 1.93 bits per heavy atom. The molecule has 0 aliphatic rings. The van der Waals surface area contributed by atoms with Crippen LogP contribution in [0.4, 0.5) is 0 Å². The monoisotopic (exact) mass is 412 g/mol. The van der Waals surface area contributed by atoms with Gasteiger partial charge in [-0.25, -0.2) is 8.42 Å². The quantitative estimate of drug-likeness (QED) is 0.605. The van der Waals surface area contributed by atoms with E-state index in [0.717, 1.165) is 21.3 Å². The lowest BCUT2D eigenvalue weighted by molar-refractivity contribution is -0.115. The van der Waals surface area contributed by atoms with Gasteiger partial charge in [-0.05, 0) is 36.6 Å². The molecule has 3 rings (SSSR count). The Labute approximate surface area is 168 Å². The lowest BCUT2D eigenvalue weighted by Crippen LogP contribution is -2.21. The van der Waals surface area contributed by atoms with E-state index in [2.05, 4.69) is 17.0 Å². The van der Waals surface area contributed by atoms with Crippen LogP contribution in [0.15, 0.2) is 47.5 Å². The SMILES string of the molecule is C#CCn1c(=NC(=O)CS(=O)(=O)Cc2ccccc2)sc2c(C)cc(C)cc21. The summed E-state index contributed by atoms with van der Waals surface area (Å²) in [5.41, 5.74) is 3.69. The highest BCUT2D eigenvalue weighted by atomic mass is 32.2. The highest BCUT2D eigenvalue weighted by Gasteiger charge is 2.18. The summed E-state index contributed by atoms with van der Waals surface area (Å²) >= 11 is 1.34. The molecule has 2 aromatic carbocycles. The van der Waals surface area contributed by atoms with E-state index >= 15 is 0 Å². The van der Waals surface area contributed by atoms with Gasteiger partial charge in [-0.15, -0.1) is 6.42 Å². The Bertz CT molecular complexity index is 1240. The van der Waals surface area contributed by atoms with Crippen LogP contribution in [0.25, 0.3) is 10.2 Å². The number of carbonyl (C=O) groups is 1.